The Morgan fingerprint density at radius 3 is 2.54 bits per heavy atom. The predicted molar refractivity (Wildman–Crippen MR) is 102 cm³/mol. The molecule has 0 spiro atoms. The minimum atomic E-state index is -1.04. The van der Waals surface area contributed by atoms with Gasteiger partial charge in [0.2, 0.25) is 0 Å². The number of carbonyl (C=O) groups excluding carboxylic acids is 1. The van der Waals surface area contributed by atoms with E-state index in [1.54, 1.807) is 32.0 Å². The highest BCUT2D eigenvalue weighted by atomic mass is 16.4. The third-order valence-corrected chi connectivity index (χ3v) is 4.21. The van der Waals surface area contributed by atoms with Crippen LogP contribution in [0.1, 0.15) is 28.4 Å². The number of hydrogen-bond donors (Lipinski definition) is 1. The maximum Gasteiger partial charge on any atom is 0.337 e. The van der Waals surface area contributed by atoms with E-state index in [0.29, 0.717) is 17.1 Å². The Morgan fingerprint density at radius 2 is 1.88 bits per heavy atom. The number of hydrazone groups is 1. The lowest BCUT2D eigenvalue weighted by Crippen LogP contribution is -2.27. The van der Waals surface area contributed by atoms with Gasteiger partial charge < -0.3 is 5.11 Å². The van der Waals surface area contributed by atoms with Crippen LogP contribution in [0, 0.1) is 19.8 Å². The molecule has 0 bridgehead atoms. The topological polar surface area (TPSA) is 82.3 Å². The maximum atomic E-state index is 12.7. The minimum absolute atomic E-state index is 0.124. The standard InChI is InChI=1S/C20H19N3O3/c1-12-9-13(2)18(16(10-12)20(25)26)21-11-17-14(3)22-23(19(17)24)15-7-5-4-6-8-15/h4-11,17H,1-3H3,(H,25,26)/b21-11+. The van der Waals surface area contributed by atoms with E-state index in [-0.39, 0.29) is 11.5 Å². The van der Waals surface area contributed by atoms with Crippen LogP contribution in [0.3, 0.4) is 0 Å². The molecule has 0 fully saturated rings. The van der Waals surface area contributed by atoms with Crippen LogP contribution in [-0.2, 0) is 4.79 Å². The molecule has 1 amide bonds. The number of amides is 1. The lowest BCUT2D eigenvalue weighted by Gasteiger charge is -2.12. The molecule has 6 nitrogen and oxygen atoms in total. The number of anilines is 1. The Labute approximate surface area is 151 Å². The first-order valence-corrected chi connectivity index (χ1v) is 8.21. The third-order valence-electron chi connectivity index (χ3n) is 4.21. The van der Waals surface area contributed by atoms with Crippen LogP contribution in [-0.4, -0.2) is 28.9 Å². The molecule has 0 aliphatic carbocycles. The van der Waals surface area contributed by atoms with E-state index in [2.05, 4.69) is 10.1 Å². The summed E-state index contributed by atoms with van der Waals surface area (Å²) in [7, 11) is 0. The smallest absolute Gasteiger partial charge is 0.337 e. The molecular weight excluding hydrogens is 330 g/mol. The van der Waals surface area contributed by atoms with Crippen LogP contribution >= 0.6 is 0 Å². The Morgan fingerprint density at radius 1 is 1.19 bits per heavy atom. The number of aliphatic imine (C=N–C) groups is 1. The molecule has 1 atom stereocenters. The zero-order valence-electron chi connectivity index (χ0n) is 14.8. The van der Waals surface area contributed by atoms with E-state index in [0.717, 1.165) is 11.1 Å². The molecule has 1 aliphatic rings. The Balaban J connectivity index is 1.92. The van der Waals surface area contributed by atoms with Gasteiger partial charge in [-0.3, -0.25) is 9.79 Å². The molecule has 1 heterocycles. The molecule has 6 heteroatoms. The van der Waals surface area contributed by atoms with Crippen LogP contribution in [0.2, 0.25) is 0 Å². The van der Waals surface area contributed by atoms with Gasteiger partial charge in [0.25, 0.3) is 5.91 Å². The van der Waals surface area contributed by atoms with E-state index in [1.807, 2.05) is 31.2 Å². The van der Waals surface area contributed by atoms with Gasteiger partial charge in [0.15, 0.2) is 0 Å². The summed E-state index contributed by atoms with van der Waals surface area (Å²) < 4.78 is 0. The van der Waals surface area contributed by atoms with Gasteiger partial charge in [0.1, 0.15) is 5.92 Å². The molecular formula is C20H19N3O3. The normalized spacial score (nSPS) is 17.0. The quantitative estimate of drug-likeness (QED) is 0.854. The van der Waals surface area contributed by atoms with Gasteiger partial charge in [0.05, 0.1) is 22.6 Å². The lowest BCUT2D eigenvalue weighted by molar-refractivity contribution is -0.118. The Bertz CT molecular complexity index is 933. The predicted octanol–water partition coefficient (Wildman–Crippen LogP) is 3.74. The number of carbonyl (C=O) groups is 2. The van der Waals surface area contributed by atoms with Crippen molar-refractivity contribution in [1.29, 1.82) is 0 Å². The van der Waals surface area contributed by atoms with Gasteiger partial charge >= 0.3 is 5.97 Å². The number of aryl methyl sites for hydroxylation is 2. The Kier molecular flexibility index (Phi) is 4.67. The number of carboxylic acids is 1. The number of carboxylic acid groups (broad SMARTS) is 1. The van der Waals surface area contributed by atoms with Crippen molar-refractivity contribution in [3.05, 3.63) is 59.2 Å². The van der Waals surface area contributed by atoms with Gasteiger partial charge in [-0.1, -0.05) is 24.3 Å². The number of nitrogens with zero attached hydrogens (tertiary/aromatic N) is 3. The zero-order chi connectivity index (χ0) is 18.8. The average molecular weight is 349 g/mol. The van der Waals surface area contributed by atoms with Crippen molar-refractivity contribution < 1.29 is 14.7 Å². The second-order valence-corrected chi connectivity index (χ2v) is 6.27. The molecule has 26 heavy (non-hydrogen) atoms. The molecule has 0 aromatic heterocycles. The number of aromatic carboxylic acids is 1. The second kappa shape index (κ2) is 6.92. The molecule has 0 radical (unpaired) electrons. The largest absolute Gasteiger partial charge is 0.478 e. The Hall–Kier alpha value is -3.28. The number of rotatable bonds is 4. The van der Waals surface area contributed by atoms with Crippen LogP contribution in [0.4, 0.5) is 11.4 Å². The summed E-state index contributed by atoms with van der Waals surface area (Å²) in [5, 5.41) is 15.1. The molecule has 1 aliphatic heterocycles. The summed E-state index contributed by atoms with van der Waals surface area (Å²) >= 11 is 0. The monoisotopic (exact) mass is 349 g/mol. The van der Waals surface area contributed by atoms with Crippen LogP contribution in [0.15, 0.2) is 52.6 Å². The van der Waals surface area contributed by atoms with E-state index in [1.165, 1.54) is 11.2 Å². The summed E-state index contributed by atoms with van der Waals surface area (Å²) in [6.07, 6.45) is 1.48. The SMILES string of the molecule is CC1=NN(c2ccccc2)C(=O)C1/C=N/c1c(C)cc(C)cc1C(=O)O. The summed E-state index contributed by atoms with van der Waals surface area (Å²) in [6.45, 7) is 5.40. The van der Waals surface area contributed by atoms with Crippen LogP contribution in [0.5, 0.6) is 0 Å². The molecule has 0 saturated carbocycles. The molecule has 3 rings (SSSR count). The van der Waals surface area contributed by atoms with Crippen molar-refractivity contribution >= 4 is 35.2 Å². The second-order valence-electron chi connectivity index (χ2n) is 6.27. The lowest BCUT2D eigenvalue weighted by atomic mass is 10.0. The molecule has 2 aromatic rings. The van der Waals surface area contributed by atoms with Crippen molar-refractivity contribution in [3.63, 3.8) is 0 Å². The van der Waals surface area contributed by atoms with E-state index in [4.69, 9.17) is 0 Å². The number of hydrogen-bond acceptors (Lipinski definition) is 4. The molecule has 0 saturated heterocycles. The van der Waals surface area contributed by atoms with Gasteiger partial charge in [-0.25, -0.2) is 4.79 Å². The van der Waals surface area contributed by atoms with Crippen molar-refractivity contribution in [2.75, 3.05) is 5.01 Å². The fourth-order valence-electron chi connectivity index (χ4n) is 2.95. The summed E-state index contributed by atoms with van der Waals surface area (Å²) in [4.78, 5) is 28.6. The first kappa shape index (κ1) is 17.5. The highest BCUT2D eigenvalue weighted by Gasteiger charge is 2.33. The third kappa shape index (κ3) is 3.26. The fraction of sp³-hybridized carbons (Fsp3) is 0.200. The van der Waals surface area contributed by atoms with E-state index < -0.39 is 11.9 Å². The van der Waals surface area contributed by atoms with E-state index >= 15 is 0 Å². The summed E-state index contributed by atoms with van der Waals surface area (Å²) in [5.74, 6) is -1.87. The number of benzene rings is 2. The van der Waals surface area contributed by atoms with Gasteiger partial charge in [-0.15, -0.1) is 0 Å². The van der Waals surface area contributed by atoms with Crippen LogP contribution < -0.4 is 5.01 Å². The number of para-hydroxylation sites is 1. The van der Waals surface area contributed by atoms with E-state index in [9.17, 15) is 14.7 Å². The maximum absolute atomic E-state index is 12.7. The highest BCUT2D eigenvalue weighted by Crippen LogP contribution is 2.27. The molecule has 132 valence electrons. The first-order chi connectivity index (χ1) is 12.4. The molecule has 2 aromatic carbocycles. The summed E-state index contributed by atoms with van der Waals surface area (Å²) in [5.41, 5.74) is 3.39. The van der Waals surface area contributed by atoms with Gasteiger partial charge in [-0.05, 0) is 50.1 Å². The zero-order valence-corrected chi connectivity index (χ0v) is 14.8. The average Bonchev–Trinajstić information content (AvgIpc) is 2.88. The first-order valence-electron chi connectivity index (χ1n) is 8.21. The molecule has 1 N–H and O–H groups in total. The van der Waals surface area contributed by atoms with Crippen molar-refractivity contribution in [1.82, 2.24) is 0 Å². The fourth-order valence-corrected chi connectivity index (χ4v) is 2.95. The summed E-state index contributed by atoms with van der Waals surface area (Å²) in [6, 6.07) is 12.6. The van der Waals surface area contributed by atoms with Crippen molar-refractivity contribution in [2.24, 2.45) is 16.0 Å². The minimum Gasteiger partial charge on any atom is -0.478 e. The van der Waals surface area contributed by atoms with Crippen molar-refractivity contribution in [3.8, 4) is 0 Å². The van der Waals surface area contributed by atoms with Gasteiger partial charge in [0, 0.05) is 6.21 Å². The molecule has 1 unspecified atom stereocenters. The van der Waals surface area contributed by atoms with Gasteiger partial charge in [-0.2, -0.15) is 10.1 Å². The van der Waals surface area contributed by atoms with Crippen LogP contribution in [0.25, 0.3) is 0 Å². The highest BCUT2D eigenvalue weighted by molar-refractivity contribution is 6.23. The van der Waals surface area contributed by atoms with Crippen molar-refractivity contribution in [2.45, 2.75) is 20.8 Å².